The Morgan fingerprint density at radius 2 is 1.93 bits per heavy atom. The molecule has 1 aliphatic rings. The van der Waals surface area contributed by atoms with E-state index in [2.05, 4.69) is 14.7 Å². The number of benzene rings is 1. The van der Waals surface area contributed by atoms with Gasteiger partial charge in [-0.3, -0.25) is 0 Å². The summed E-state index contributed by atoms with van der Waals surface area (Å²) in [5.74, 6) is -1.17. The molecule has 0 bridgehead atoms. The van der Waals surface area contributed by atoms with Gasteiger partial charge >= 0.3 is 6.61 Å². The SMILES string of the molecule is COc1cc(OC(F)F)ncc1N1CCc2[nH]c(-c3c(F)cccc3F)cc2C1. The summed E-state index contributed by atoms with van der Waals surface area (Å²) in [6.45, 7) is -1.96. The van der Waals surface area contributed by atoms with Gasteiger partial charge in [0.15, 0.2) is 0 Å². The fourth-order valence-electron chi connectivity index (χ4n) is 3.50. The number of hydrogen-bond donors (Lipinski definition) is 1. The second-order valence-corrected chi connectivity index (χ2v) is 6.53. The van der Waals surface area contributed by atoms with Gasteiger partial charge in [-0.05, 0) is 23.8 Å². The van der Waals surface area contributed by atoms with Crippen LogP contribution in [0.3, 0.4) is 0 Å². The van der Waals surface area contributed by atoms with Gasteiger partial charge < -0.3 is 19.4 Å². The van der Waals surface area contributed by atoms with Crippen molar-refractivity contribution in [3.63, 3.8) is 0 Å². The first kappa shape index (κ1) is 19.1. The van der Waals surface area contributed by atoms with Crippen molar-refractivity contribution in [3.05, 3.63) is 59.4 Å². The topological polar surface area (TPSA) is 50.4 Å². The van der Waals surface area contributed by atoms with Crippen molar-refractivity contribution < 1.29 is 27.0 Å². The van der Waals surface area contributed by atoms with Crippen LogP contribution in [0.1, 0.15) is 11.3 Å². The molecule has 0 spiro atoms. The molecule has 0 aliphatic carbocycles. The minimum absolute atomic E-state index is 0.0961. The maximum absolute atomic E-state index is 14.1. The Morgan fingerprint density at radius 3 is 2.62 bits per heavy atom. The van der Waals surface area contributed by atoms with Gasteiger partial charge in [0.2, 0.25) is 5.88 Å². The quantitative estimate of drug-likeness (QED) is 0.632. The number of aromatic nitrogens is 2. The first-order chi connectivity index (χ1) is 14.0. The van der Waals surface area contributed by atoms with Crippen molar-refractivity contribution in [1.29, 1.82) is 0 Å². The summed E-state index contributed by atoms with van der Waals surface area (Å²) < 4.78 is 62.6. The molecule has 3 aromatic rings. The molecule has 1 N–H and O–H groups in total. The number of halogens is 4. The van der Waals surface area contributed by atoms with Crippen molar-refractivity contribution in [2.24, 2.45) is 0 Å². The molecule has 0 saturated carbocycles. The van der Waals surface area contributed by atoms with Crippen molar-refractivity contribution in [2.45, 2.75) is 19.6 Å². The number of methoxy groups -OCH3 is 1. The van der Waals surface area contributed by atoms with Gasteiger partial charge in [-0.25, -0.2) is 13.8 Å². The lowest BCUT2D eigenvalue weighted by Crippen LogP contribution is -2.30. The normalized spacial score (nSPS) is 13.5. The highest BCUT2D eigenvalue weighted by Crippen LogP contribution is 2.35. The van der Waals surface area contributed by atoms with E-state index in [1.54, 1.807) is 6.07 Å². The number of pyridine rings is 1. The average Bonchev–Trinajstić information content (AvgIpc) is 3.10. The maximum Gasteiger partial charge on any atom is 0.388 e. The molecule has 0 unspecified atom stereocenters. The maximum atomic E-state index is 14.1. The second-order valence-electron chi connectivity index (χ2n) is 6.53. The van der Waals surface area contributed by atoms with Gasteiger partial charge in [0.05, 0.1) is 30.3 Å². The third-order valence-electron chi connectivity index (χ3n) is 4.81. The Labute approximate surface area is 163 Å². The van der Waals surface area contributed by atoms with Crippen LogP contribution in [-0.2, 0) is 13.0 Å². The number of fused-ring (bicyclic) bond motifs is 1. The lowest BCUT2D eigenvalue weighted by molar-refractivity contribution is -0.0529. The van der Waals surface area contributed by atoms with E-state index in [-0.39, 0.29) is 11.4 Å². The van der Waals surface area contributed by atoms with Crippen molar-refractivity contribution in [2.75, 3.05) is 18.6 Å². The first-order valence-electron chi connectivity index (χ1n) is 8.85. The molecule has 0 atom stereocenters. The summed E-state index contributed by atoms with van der Waals surface area (Å²) in [5.41, 5.74) is 2.66. The van der Waals surface area contributed by atoms with E-state index < -0.39 is 18.2 Å². The number of anilines is 1. The summed E-state index contributed by atoms with van der Waals surface area (Å²) >= 11 is 0. The van der Waals surface area contributed by atoms with Crippen LogP contribution >= 0.6 is 0 Å². The van der Waals surface area contributed by atoms with Crippen LogP contribution < -0.4 is 14.4 Å². The fraction of sp³-hybridized carbons (Fsp3) is 0.250. The van der Waals surface area contributed by atoms with E-state index in [1.807, 2.05) is 4.90 Å². The first-order valence-corrected chi connectivity index (χ1v) is 8.85. The Bertz CT molecular complexity index is 1020. The smallest absolute Gasteiger partial charge is 0.388 e. The monoisotopic (exact) mass is 407 g/mol. The highest BCUT2D eigenvalue weighted by Gasteiger charge is 2.24. The van der Waals surface area contributed by atoms with Gasteiger partial charge in [-0.1, -0.05) is 6.07 Å². The summed E-state index contributed by atoms with van der Waals surface area (Å²) in [6.07, 6.45) is 2.01. The molecule has 9 heteroatoms. The Hall–Kier alpha value is -3.23. The van der Waals surface area contributed by atoms with Crippen LogP contribution in [0.15, 0.2) is 36.5 Å². The van der Waals surface area contributed by atoms with Crippen LogP contribution in [0.25, 0.3) is 11.3 Å². The molecule has 152 valence electrons. The van der Waals surface area contributed by atoms with Gasteiger partial charge in [0, 0.05) is 31.3 Å². The zero-order chi connectivity index (χ0) is 20.5. The summed E-state index contributed by atoms with van der Waals surface area (Å²) in [4.78, 5) is 8.96. The summed E-state index contributed by atoms with van der Waals surface area (Å²) in [5, 5.41) is 0. The van der Waals surface area contributed by atoms with Gasteiger partial charge in [-0.15, -0.1) is 0 Å². The largest absolute Gasteiger partial charge is 0.494 e. The van der Waals surface area contributed by atoms with Gasteiger partial charge in [0.1, 0.15) is 17.4 Å². The van der Waals surface area contributed by atoms with E-state index >= 15 is 0 Å². The van der Waals surface area contributed by atoms with Crippen molar-refractivity contribution in [1.82, 2.24) is 9.97 Å². The van der Waals surface area contributed by atoms with E-state index in [0.29, 0.717) is 36.6 Å². The molecule has 1 aromatic carbocycles. The minimum Gasteiger partial charge on any atom is -0.494 e. The molecule has 0 saturated heterocycles. The second kappa shape index (κ2) is 7.65. The molecule has 4 rings (SSSR count). The lowest BCUT2D eigenvalue weighted by Gasteiger charge is -2.29. The van der Waals surface area contributed by atoms with E-state index in [4.69, 9.17) is 4.74 Å². The van der Waals surface area contributed by atoms with Crippen LogP contribution in [-0.4, -0.2) is 30.2 Å². The molecule has 29 heavy (non-hydrogen) atoms. The number of nitrogens with one attached hydrogen (secondary N) is 1. The molecule has 0 radical (unpaired) electrons. The molecule has 0 fully saturated rings. The molecular formula is C20H17F4N3O2. The Balaban J connectivity index is 1.62. The van der Waals surface area contributed by atoms with Gasteiger partial charge in [0.25, 0.3) is 0 Å². The highest BCUT2D eigenvalue weighted by molar-refractivity contribution is 5.65. The van der Waals surface area contributed by atoms with Crippen LogP contribution in [0.2, 0.25) is 0 Å². The van der Waals surface area contributed by atoms with Crippen molar-refractivity contribution >= 4 is 5.69 Å². The van der Waals surface area contributed by atoms with E-state index in [9.17, 15) is 17.6 Å². The molecule has 3 heterocycles. The molecule has 5 nitrogen and oxygen atoms in total. The van der Waals surface area contributed by atoms with E-state index in [0.717, 1.165) is 11.3 Å². The fourth-order valence-corrected chi connectivity index (χ4v) is 3.50. The number of aromatic amines is 1. The highest BCUT2D eigenvalue weighted by atomic mass is 19.3. The number of ether oxygens (including phenoxy) is 2. The van der Waals surface area contributed by atoms with Gasteiger partial charge in [-0.2, -0.15) is 8.78 Å². The number of hydrogen-bond acceptors (Lipinski definition) is 4. The molecule has 1 aliphatic heterocycles. The minimum atomic E-state index is -2.98. The summed E-state index contributed by atoms with van der Waals surface area (Å²) in [6, 6.07) is 6.76. The Morgan fingerprint density at radius 1 is 1.17 bits per heavy atom. The average molecular weight is 407 g/mol. The molecule has 0 amide bonds. The third kappa shape index (κ3) is 3.72. The standard InChI is InChI=1S/C20H17F4N3O2/c1-28-17-8-18(29-20(23)24)25-9-16(17)27-6-5-14-11(10-27)7-15(26-14)19-12(21)3-2-4-13(19)22/h2-4,7-9,20,26H,5-6,10H2,1H3. The number of rotatable bonds is 5. The van der Waals surface area contributed by atoms with E-state index in [1.165, 1.54) is 37.6 Å². The van der Waals surface area contributed by atoms with Crippen LogP contribution in [0, 0.1) is 11.6 Å². The zero-order valence-corrected chi connectivity index (χ0v) is 15.4. The predicted octanol–water partition coefficient (Wildman–Crippen LogP) is 4.53. The Kier molecular flexibility index (Phi) is 5.04. The predicted molar refractivity (Wildman–Crippen MR) is 98.3 cm³/mol. The summed E-state index contributed by atoms with van der Waals surface area (Å²) in [7, 11) is 1.43. The molecule has 2 aromatic heterocycles. The number of nitrogens with zero attached hydrogens (tertiary/aromatic N) is 2. The van der Waals surface area contributed by atoms with Crippen LogP contribution in [0.4, 0.5) is 23.2 Å². The third-order valence-corrected chi connectivity index (χ3v) is 4.81. The number of alkyl halides is 2. The molecular weight excluding hydrogens is 390 g/mol. The lowest BCUT2D eigenvalue weighted by atomic mass is 10.1. The van der Waals surface area contributed by atoms with Crippen molar-refractivity contribution in [3.8, 4) is 22.9 Å². The van der Waals surface area contributed by atoms with Crippen LogP contribution in [0.5, 0.6) is 11.6 Å². The zero-order valence-electron chi connectivity index (χ0n) is 15.4. The number of H-pyrrole nitrogens is 1.